The Kier molecular flexibility index (Phi) is 8.63. The molecule has 1 radical (unpaired) electrons. The van der Waals surface area contributed by atoms with E-state index in [0.717, 1.165) is 70.3 Å². The van der Waals surface area contributed by atoms with Crippen molar-refractivity contribution in [3.8, 4) is 17.1 Å². The van der Waals surface area contributed by atoms with Crippen LogP contribution in [0.2, 0.25) is 0 Å². The minimum absolute atomic E-state index is 0. The fourth-order valence-corrected chi connectivity index (χ4v) is 6.05. The molecule has 0 bridgehead atoms. The molecule has 7 heteroatoms. The normalized spacial score (nSPS) is 12.3. The van der Waals surface area contributed by atoms with E-state index in [9.17, 15) is 9.90 Å². The van der Waals surface area contributed by atoms with Gasteiger partial charge in [-0.15, -0.1) is 17.5 Å². The largest absolute Gasteiger partial charge is 0.512 e. The summed E-state index contributed by atoms with van der Waals surface area (Å²) < 4.78 is 4.46. The van der Waals surface area contributed by atoms with Gasteiger partial charge in [-0.25, -0.2) is 4.98 Å². The molecule has 0 saturated carbocycles. The van der Waals surface area contributed by atoms with Crippen molar-refractivity contribution < 1.29 is 30.0 Å². The number of carbonyl (C=O) groups is 1. The maximum Gasteiger partial charge on any atom is 0.162 e. The van der Waals surface area contributed by atoms with Gasteiger partial charge in [-0.3, -0.25) is 14.2 Å². The first-order valence-electron chi connectivity index (χ1n) is 14.7. The summed E-state index contributed by atoms with van der Waals surface area (Å²) in [5.41, 5.74) is 6.32. The van der Waals surface area contributed by atoms with Crippen LogP contribution in [-0.4, -0.2) is 29.8 Å². The summed E-state index contributed by atoms with van der Waals surface area (Å²) in [6.45, 7) is 8.07. The maximum absolute atomic E-state index is 11.7. The number of nitrogens with zero attached hydrogens (tertiary/aromatic N) is 4. The summed E-state index contributed by atoms with van der Waals surface area (Å²) in [5, 5.41) is 13.2. The van der Waals surface area contributed by atoms with Crippen molar-refractivity contribution in [2.75, 3.05) is 0 Å². The minimum atomic E-state index is 0. The van der Waals surface area contributed by atoms with E-state index in [1.807, 2.05) is 46.0 Å². The van der Waals surface area contributed by atoms with Crippen molar-refractivity contribution in [2.24, 2.45) is 11.8 Å². The van der Waals surface area contributed by atoms with Gasteiger partial charge in [-0.1, -0.05) is 81.1 Å². The fraction of sp³-hybridized carbons (Fsp3) is 0.286. The molecule has 0 atom stereocenters. The number of hydrogen-bond acceptors (Lipinski definition) is 4. The molecule has 1 N–H and O–H groups in total. The molecular weight excluding hydrogens is 701 g/mol. The van der Waals surface area contributed by atoms with Crippen LogP contribution < -0.4 is 0 Å². The van der Waals surface area contributed by atoms with Crippen molar-refractivity contribution in [1.82, 2.24) is 18.9 Å². The van der Waals surface area contributed by atoms with Crippen molar-refractivity contribution in [3.63, 3.8) is 0 Å². The van der Waals surface area contributed by atoms with Crippen LogP contribution >= 0.6 is 0 Å². The first kappa shape index (κ1) is 29.7. The third kappa shape index (κ3) is 4.85. The summed E-state index contributed by atoms with van der Waals surface area (Å²) in [6.07, 6.45) is 6.74. The van der Waals surface area contributed by atoms with Gasteiger partial charge < -0.3 is 9.67 Å². The van der Waals surface area contributed by atoms with Crippen molar-refractivity contribution >= 4 is 44.3 Å². The van der Waals surface area contributed by atoms with Crippen molar-refractivity contribution in [1.29, 1.82) is 0 Å². The number of aliphatic hydroxyl groups is 1. The van der Waals surface area contributed by atoms with E-state index in [1.165, 1.54) is 17.0 Å². The molecule has 1 aliphatic heterocycles. The Morgan fingerprint density at radius 1 is 0.952 bits per heavy atom. The topological polar surface area (TPSA) is 72.4 Å². The predicted molar refractivity (Wildman–Crippen MR) is 167 cm³/mol. The van der Waals surface area contributed by atoms with Crippen LogP contribution in [0.5, 0.6) is 0 Å². The van der Waals surface area contributed by atoms with Crippen LogP contribution in [0.15, 0.2) is 78.7 Å². The van der Waals surface area contributed by atoms with Crippen molar-refractivity contribution in [2.45, 2.75) is 53.4 Å². The van der Waals surface area contributed by atoms with Gasteiger partial charge in [-0.2, -0.15) is 0 Å². The number of rotatable bonds is 7. The SMILES string of the molecule is CCC(CC)C(=O)/C=C(\O)C(CC)CC.[Ir].[c-]1c2c(cc3ccccc13)-n1c3ccccc3c3nc4ccnc-2n4c31. The van der Waals surface area contributed by atoms with Crippen LogP contribution in [0.3, 0.4) is 0 Å². The van der Waals surface area contributed by atoms with Crippen LogP contribution in [0.25, 0.3) is 55.6 Å². The van der Waals surface area contributed by atoms with E-state index in [-0.39, 0.29) is 43.5 Å². The molecule has 0 saturated heterocycles. The number of fused-ring (bicyclic) bond motifs is 7. The molecule has 6 nitrogen and oxygen atoms in total. The van der Waals surface area contributed by atoms with E-state index in [0.29, 0.717) is 0 Å². The standard InChI is InChI=1S/C22H11N4.C13H24O2.Ir/c1-2-6-14-12-18-16(11-13(14)5-1)21-23-10-9-19-24-20-15-7-3-4-8-17(15)25(18)22(20)26(19)21;1-5-10(6-2)12(14)9-13(15)11(7-3)8-4;/h1-10,12H;9-11,14H,5-8H2,1-4H3;/q-1;;/b;12-9-;. The van der Waals surface area contributed by atoms with Crippen LogP contribution in [0, 0.1) is 17.9 Å². The van der Waals surface area contributed by atoms with Gasteiger partial charge in [0.2, 0.25) is 0 Å². The molecule has 7 rings (SSSR count). The van der Waals surface area contributed by atoms with Crippen LogP contribution in [-0.2, 0) is 24.9 Å². The van der Waals surface area contributed by atoms with E-state index < -0.39 is 0 Å². The summed E-state index contributed by atoms with van der Waals surface area (Å²) in [7, 11) is 0. The number of imidazole rings is 1. The summed E-state index contributed by atoms with van der Waals surface area (Å²) >= 11 is 0. The number of benzene rings is 3. The summed E-state index contributed by atoms with van der Waals surface area (Å²) in [4.78, 5) is 21.3. The Hall–Kier alpha value is -3.80. The quantitative estimate of drug-likeness (QED) is 0.0585. The predicted octanol–water partition coefficient (Wildman–Crippen LogP) is 8.63. The molecule has 3 aromatic heterocycles. The molecule has 0 unspecified atom stereocenters. The summed E-state index contributed by atoms with van der Waals surface area (Å²) in [6, 6.07) is 24.6. The number of para-hydroxylation sites is 1. The first-order chi connectivity index (χ1) is 20.0. The fourth-order valence-electron chi connectivity index (χ4n) is 6.05. The van der Waals surface area contributed by atoms with Gasteiger partial charge >= 0.3 is 0 Å². The molecule has 0 spiro atoms. The second-order valence-corrected chi connectivity index (χ2v) is 10.7. The Morgan fingerprint density at radius 2 is 1.64 bits per heavy atom. The van der Waals surface area contributed by atoms with Crippen molar-refractivity contribution in [3.05, 3.63) is 84.8 Å². The molecule has 0 fully saturated rings. The first-order valence-corrected chi connectivity index (χ1v) is 14.7. The zero-order valence-electron chi connectivity index (χ0n) is 24.4. The molecule has 4 heterocycles. The number of carbonyl (C=O) groups excluding carboxylic acids is 1. The average Bonchev–Trinajstić information content (AvgIpc) is 3.53. The molecule has 1 aliphatic rings. The monoisotopic (exact) mass is 736 g/mol. The van der Waals surface area contributed by atoms with Gasteiger partial charge in [0.05, 0.1) is 11.6 Å². The number of aliphatic hydroxyl groups excluding tert-OH is 1. The molecule has 0 aliphatic carbocycles. The molecule has 217 valence electrons. The maximum atomic E-state index is 11.7. The molecule has 42 heavy (non-hydrogen) atoms. The summed E-state index contributed by atoms with van der Waals surface area (Å²) in [5.74, 6) is 1.45. The Bertz CT molecular complexity index is 1940. The Labute approximate surface area is 259 Å². The number of hydrogen-bond donors (Lipinski definition) is 1. The van der Waals surface area contributed by atoms with Gasteiger partial charge in [0.1, 0.15) is 16.8 Å². The van der Waals surface area contributed by atoms with Crippen LogP contribution in [0.4, 0.5) is 0 Å². The molecule has 0 amide bonds. The smallest absolute Gasteiger partial charge is 0.162 e. The Balaban J connectivity index is 0.000000193. The number of allylic oxidation sites excluding steroid dienone is 2. The second kappa shape index (κ2) is 12.2. The number of ketones is 1. The van der Waals surface area contributed by atoms with E-state index in [2.05, 4.69) is 68.5 Å². The zero-order valence-corrected chi connectivity index (χ0v) is 26.8. The average molecular weight is 736 g/mol. The second-order valence-electron chi connectivity index (χ2n) is 10.7. The van der Waals surface area contributed by atoms with Gasteiger partial charge in [-0.05, 0) is 43.5 Å². The zero-order chi connectivity index (χ0) is 28.7. The van der Waals surface area contributed by atoms with Gasteiger partial charge in [0.25, 0.3) is 0 Å². The van der Waals surface area contributed by atoms with E-state index in [1.54, 1.807) is 0 Å². The minimum Gasteiger partial charge on any atom is -0.512 e. The van der Waals surface area contributed by atoms with E-state index >= 15 is 0 Å². The third-order valence-electron chi connectivity index (χ3n) is 8.44. The van der Waals surface area contributed by atoms with Gasteiger partial charge in [0, 0.05) is 55.1 Å². The molecular formula is C35H35IrN4O2-. The van der Waals surface area contributed by atoms with Crippen LogP contribution in [0.1, 0.15) is 53.4 Å². The molecule has 3 aromatic carbocycles. The van der Waals surface area contributed by atoms with E-state index in [4.69, 9.17) is 4.98 Å². The molecule has 6 aromatic rings. The number of aromatic nitrogens is 4. The van der Waals surface area contributed by atoms with Gasteiger partial charge in [0.15, 0.2) is 5.78 Å². The third-order valence-corrected chi connectivity index (χ3v) is 8.44. The Morgan fingerprint density at radius 3 is 2.38 bits per heavy atom.